The lowest BCUT2D eigenvalue weighted by atomic mass is 9.92. The summed E-state index contributed by atoms with van der Waals surface area (Å²) in [5.74, 6) is 0.434. The molecular formula is C21H22O4. The lowest BCUT2D eigenvalue weighted by Gasteiger charge is -2.31. The molecule has 0 spiro atoms. The van der Waals surface area contributed by atoms with E-state index in [4.69, 9.17) is 9.47 Å². The highest BCUT2D eigenvalue weighted by atomic mass is 16.5. The molecule has 1 heterocycles. The van der Waals surface area contributed by atoms with Crippen LogP contribution in [0.2, 0.25) is 0 Å². The van der Waals surface area contributed by atoms with Crippen LogP contribution in [0.5, 0.6) is 5.75 Å². The van der Waals surface area contributed by atoms with E-state index in [1.807, 2.05) is 66.7 Å². The smallest absolute Gasteiger partial charge is 0.309 e. The Morgan fingerprint density at radius 2 is 1.92 bits per heavy atom. The SMILES string of the molecule is CC1(O)CC(=O)OC(/C=C/c2ccc(OCc3ccccc3)cc2)C1. The van der Waals surface area contributed by atoms with Crippen molar-refractivity contribution in [3.8, 4) is 5.75 Å². The van der Waals surface area contributed by atoms with Gasteiger partial charge in [0.05, 0.1) is 12.0 Å². The third-order valence-electron chi connectivity index (χ3n) is 4.08. The first-order chi connectivity index (χ1) is 12.0. The summed E-state index contributed by atoms with van der Waals surface area (Å²) in [7, 11) is 0. The predicted molar refractivity (Wildman–Crippen MR) is 96.0 cm³/mol. The molecule has 0 saturated carbocycles. The second-order valence-corrected chi connectivity index (χ2v) is 6.61. The van der Waals surface area contributed by atoms with Gasteiger partial charge < -0.3 is 14.6 Å². The monoisotopic (exact) mass is 338 g/mol. The fourth-order valence-corrected chi connectivity index (χ4v) is 2.81. The highest BCUT2D eigenvalue weighted by Crippen LogP contribution is 2.26. The lowest BCUT2D eigenvalue weighted by Crippen LogP contribution is -2.40. The van der Waals surface area contributed by atoms with Gasteiger partial charge in [0.25, 0.3) is 0 Å². The summed E-state index contributed by atoms with van der Waals surface area (Å²) in [4.78, 5) is 11.5. The van der Waals surface area contributed by atoms with E-state index < -0.39 is 11.7 Å². The molecule has 130 valence electrons. The summed E-state index contributed by atoms with van der Waals surface area (Å²) in [6.07, 6.45) is 3.76. The Hall–Kier alpha value is -2.59. The Balaban J connectivity index is 1.56. The summed E-state index contributed by atoms with van der Waals surface area (Å²) in [5, 5.41) is 10.1. The minimum atomic E-state index is -1.00. The van der Waals surface area contributed by atoms with Crippen molar-refractivity contribution >= 4 is 12.0 Å². The first-order valence-corrected chi connectivity index (χ1v) is 8.37. The van der Waals surface area contributed by atoms with Crippen LogP contribution >= 0.6 is 0 Å². The van der Waals surface area contributed by atoms with E-state index in [-0.39, 0.29) is 12.4 Å². The number of rotatable bonds is 5. The fraction of sp³-hybridized carbons (Fsp3) is 0.286. The zero-order valence-electron chi connectivity index (χ0n) is 14.2. The van der Waals surface area contributed by atoms with Gasteiger partial charge in [0, 0.05) is 6.42 Å². The normalized spacial score (nSPS) is 23.4. The van der Waals surface area contributed by atoms with Gasteiger partial charge in [-0.05, 0) is 36.3 Å². The molecule has 1 aliphatic heterocycles. The third kappa shape index (κ3) is 5.19. The topological polar surface area (TPSA) is 55.8 Å². The molecular weight excluding hydrogens is 316 g/mol. The Morgan fingerprint density at radius 1 is 1.20 bits per heavy atom. The Kier molecular flexibility index (Phi) is 5.19. The highest BCUT2D eigenvalue weighted by Gasteiger charge is 2.34. The zero-order chi connectivity index (χ0) is 17.7. The van der Waals surface area contributed by atoms with Crippen molar-refractivity contribution < 1.29 is 19.4 Å². The number of esters is 1. The molecule has 1 aliphatic rings. The molecule has 2 atom stereocenters. The molecule has 0 bridgehead atoms. The van der Waals surface area contributed by atoms with E-state index in [0.29, 0.717) is 13.0 Å². The first-order valence-electron chi connectivity index (χ1n) is 8.37. The van der Waals surface area contributed by atoms with E-state index in [9.17, 15) is 9.90 Å². The van der Waals surface area contributed by atoms with Gasteiger partial charge in [0.2, 0.25) is 0 Å². The van der Waals surface area contributed by atoms with Crippen molar-refractivity contribution in [3.05, 3.63) is 71.8 Å². The molecule has 4 nitrogen and oxygen atoms in total. The summed E-state index contributed by atoms with van der Waals surface area (Å²) >= 11 is 0. The minimum Gasteiger partial charge on any atom is -0.489 e. The maximum absolute atomic E-state index is 11.5. The van der Waals surface area contributed by atoms with Crippen molar-refractivity contribution in [2.45, 2.75) is 38.1 Å². The van der Waals surface area contributed by atoms with Gasteiger partial charge in [0.1, 0.15) is 18.5 Å². The van der Waals surface area contributed by atoms with E-state index in [2.05, 4.69) is 0 Å². The summed E-state index contributed by atoms with van der Waals surface area (Å²) in [6, 6.07) is 17.7. The number of carbonyl (C=O) groups is 1. The summed E-state index contributed by atoms with van der Waals surface area (Å²) in [6.45, 7) is 2.19. The molecule has 3 rings (SSSR count). The summed E-state index contributed by atoms with van der Waals surface area (Å²) < 4.78 is 11.0. The maximum atomic E-state index is 11.5. The molecule has 2 unspecified atom stereocenters. The van der Waals surface area contributed by atoms with Crippen molar-refractivity contribution in [2.75, 3.05) is 0 Å². The van der Waals surface area contributed by atoms with Crippen LogP contribution < -0.4 is 4.74 Å². The van der Waals surface area contributed by atoms with Gasteiger partial charge in [-0.15, -0.1) is 0 Å². The average molecular weight is 338 g/mol. The van der Waals surface area contributed by atoms with Gasteiger partial charge in [-0.25, -0.2) is 0 Å². The fourth-order valence-electron chi connectivity index (χ4n) is 2.81. The van der Waals surface area contributed by atoms with E-state index >= 15 is 0 Å². The maximum Gasteiger partial charge on any atom is 0.309 e. The lowest BCUT2D eigenvalue weighted by molar-refractivity contribution is -0.163. The number of hydrogen-bond acceptors (Lipinski definition) is 4. The molecule has 2 aromatic rings. The molecule has 0 aromatic heterocycles. The molecule has 1 N–H and O–H groups in total. The molecule has 1 saturated heterocycles. The number of aliphatic hydroxyl groups is 1. The van der Waals surface area contributed by atoms with E-state index in [0.717, 1.165) is 16.9 Å². The molecule has 4 heteroatoms. The number of benzene rings is 2. The van der Waals surface area contributed by atoms with E-state index in [1.165, 1.54) is 0 Å². The van der Waals surface area contributed by atoms with Crippen LogP contribution in [-0.4, -0.2) is 22.8 Å². The molecule has 2 aromatic carbocycles. The van der Waals surface area contributed by atoms with Crippen LogP contribution in [0.15, 0.2) is 60.7 Å². The standard InChI is InChI=1S/C21H22O4/c1-21(23)13-19(25-20(22)14-21)12-9-16-7-10-18(11-8-16)24-15-17-5-3-2-4-6-17/h2-12,19,23H,13-15H2,1H3/b12-9+. The molecule has 0 aliphatic carbocycles. The van der Waals surface area contributed by atoms with Crippen LogP contribution in [-0.2, 0) is 16.1 Å². The van der Waals surface area contributed by atoms with Crippen LogP contribution in [0, 0.1) is 0 Å². The number of hydrogen-bond donors (Lipinski definition) is 1. The predicted octanol–water partition coefficient (Wildman–Crippen LogP) is 3.74. The van der Waals surface area contributed by atoms with Crippen molar-refractivity contribution in [3.63, 3.8) is 0 Å². The van der Waals surface area contributed by atoms with Crippen molar-refractivity contribution in [2.24, 2.45) is 0 Å². The Bertz CT molecular complexity index is 732. The van der Waals surface area contributed by atoms with Crippen LogP contribution in [0.4, 0.5) is 0 Å². The minimum absolute atomic E-state index is 0.0464. The van der Waals surface area contributed by atoms with Crippen molar-refractivity contribution in [1.29, 1.82) is 0 Å². The van der Waals surface area contributed by atoms with Crippen LogP contribution in [0.25, 0.3) is 6.08 Å². The van der Waals surface area contributed by atoms with Gasteiger partial charge >= 0.3 is 5.97 Å². The van der Waals surface area contributed by atoms with Gasteiger partial charge in [-0.3, -0.25) is 4.79 Å². The van der Waals surface area contributed by atoms with Crippen LogP contribution in [0.3, 0.4) is 0 Å². The van der Waals surface area contributed by atoms with Gasteiger partial charge in [-0.1, -0.05) is 48.5 Å². The molecule has 0 amide bonds. The highest BCUT2D eigenvalue weighted by molar-refractivity contribution is 5.72. The second kappa shape index (κ2) is 7.53. The number of carbonyl (C=O) groups excluding carboxylic acids is 1. The number of ether oxygens (including phenoxy) is 2. The first kappa shape index (κ1) is 17.2. The van der Waals surface area contributed by atoms with Gasteiger partial charge in [0.15, 0.2) is 0 Å². The molecule has 1 fully saturated rings. The zero-order valence-corrected chi connectivity index (χ0v) is 14.2. The number of cyclic esters (lactones) is 1. The third-order valence-corrected chi connectivity index (χ3v) is 4.08. The molecule has 25 heavy (non-hydrogen) atoms. The quantitative estimate of drug-likeness (QED) is 0.844. The largest absolute Gasteiger partial charge is 0.489 e. The Morgan fingerprint density at radius 3 is 2.60 bits per heavy atom. The summed E-state index contributed by atoms with van der Waals surface area (Å²) in [5.41, 5.74) is 1.10. The molecule has 0 radical (unpaired) electrons. The van der Waals surface area contributed by atoms with Gasteiger partial charge in [-0.2, -0.15) is 0 Å². The van der Waals surface area contributed by atoms with Crippen molar-refractivity contribution in [1.82, 2.24) is 0 Å². The van der Waals surface area contributed by atoms with Crippen LogP contribution in [0.1, 0.15) is 30.9 Å². The Labute approximate surface area is 147 Å². The van der Waals surface area contributed by atoms with E-state index in [1.54, 1.807) is 6.92 Å². The average Bonchev–Trinajstić information content (AvgIpc) is 2.58. The second-order valence-electron chi connectivity index (χ2n) is 6.61.